The van der Waals surface area contributed by atoms with Crippen molar-refractivity contribution in [2.75, 3.05) is 0 Å². The monoisotopic (exact) mass is 205 g/mol. The minimum atomic E-state index is -0.355. The lowest BCUT2D eigenvalue weighted by molar-refractivity contribution is -0.131. The first-order chi connectivity index (χ1) is 7.08. The molecule has 0 fully saturated rings. The number of benzene rings is 1. The second-order valence-electron chi connectivity index (χ2n) is 3.40. The number of fused-ring (bicyclic) bond motifs is 1. The van der Waals surface area contributed by atoms with Crippen LogP contribution in [0.5, 0.6) is 11.5 Å². The van der Waals surface area contributed by atoms with Crippen molar-refractivity contribution >= 4 is 16.9 Å². The number of nitrogens with one attached hydrogen (secondary N) is 1. The normalized spacial score (nSPS) is 10.5. The van der Waals surface area contributed by atoms with E-state index in [2.05, 4.69) is 4.98 Å². The van der Waals surface area contributed by atoms with Crippen LogP contribution >= 0.6 is 0 Å². The summed E-state index contributed by atoms with van der Waals surface area (Å²) < 4.78 is 5.09. The van der Waals surface area contributed by atoms with E-state index < -0.39 is 0 Å². The third-order valence-corrected chi connectivity index (χ3v) is 2.16. The number of hydrogen-bond acceptors (Lipinski definition) is 3. The number of aromatic hydroxyl groups is 1. The minimum Gasteiger partial charge on any atom is -0.508 e. The molecule has 0 saturated carbocycles. The summed E-state index contributed by atoms with van der Waals surface area (Å²) in [4.78, 5) is 13.9. The number of ether oxygens (including phenoxy) is 1. The molecule has 4 heteroatoms. The average molecular weight is 205 g/mol. The van der Waals surface area contributed by atoms with Gasteiger partial charge in [0.05, 0.1) is 11.2 Å². The number of carbonyl (C=O) groups is 1. The summed E-state index contributed by atoms with van der Waals surface area (Å²) in [6, 6.07) is 4.87. The van der Waals surface area contributed by atoms with Crippen molar-refractivity contribution < 1.29 is 14.6 Å². The Morgan fingerprint density at radius 1 is 1.47 bits per heavy atom. The van der Waals surface area contributed by atoms with E-state index in [1.807, 2.05) is 6.92 Å². The summed E-state index contributed by atoms with van der Waals surface area (Å²) in [7, 11) is 0. The fourth-order valence-corrected chi connectivity index (χ4v) is 1.57. The van der Waals surface area contributed by atoms with Gasteiger partial charge < -0.3 is 14.8 Å². The lowest BCUT2D eigenvalue weighted by atomic mass is 10.2. The van der Waals surface area contributed by atoms with Gasteiger partial charge in [-0.1, -0.05) is 0 Å². The Balaban J connectivity index is 2.63. The summed E-state index contributed by atoms with van der Waals surface area (Å²) in [5.41, 5.74) is 1.52. The van der Waals surface area contributed by atoms with Crippen LogP contribution in [-0.2, 0) is 4.79 Å². The van der Waals surface area contributed by atoms with Crippen molar-refractivity contribution in [3.63, 3.8) is 0 Å². The Hall–Kier alpha value is -1.97. The molecule has 0 spiro atoms. The predicted molar refractivity (Wildman–Crippen MR) is 56.0 cm³/mol. The molecule has 1 aromatic carbocycles. The highest BCUT2D eigenvalue weighted by molar-refractivity contribution is 5.90. The van der Waals surface area contributed by atoms with Gasteiger partial charge in [-0.05, 0) is 19.1 Å². The first kappa shape index (κ1) is 9.58. The highest BCUT2D eigenvalue weighted by Crippen LogP contribution is 2.31. The molecule has 1 heterocycles. The first-order valence-electron chi connectivity index (χ1n) is 4.57. The molecule has 78 valence electrons. The molecule has 0 atom stereocenters. The maximum atomic E-state index is 10.9. The summed E-state index contributed by atoms with van der Waals surface area (Å²) >= 11 is 0. The van der Waals surface area contributed by atoms with Crippen LogP contribution in [0.4, 0.5) is 0 Å². The van der Waals surface area contributed by atoms with E-state index in [0.717, 1.165) is 16.6 Å². The minimum absolute atomic E-state index is 0.179. The second kappa shape index (κ2) is 3.31. The quantitative estimate of drug-likeness (QED) is 0.701. The molecule has 0 unspecified atom stereocenters. The number of esters is 1. The molecule has 15 heavy (non-hydrogen) atoms. The molecule has 0 bridgehead atoms. The molecular formula is C11H11NO3. The molecule has 0 saturated heterocycles. The lowest BCUT2D eigenvalue weighted by Crippen LogP contribution is -2.01. The van der Waals surface area contributed by atoms with Crippen LogP contribution in [0.25, 0.3) is 10.9 Å². The van der Waals surface area contributed by atoms with E-state index in [0.29, 0.717) is 5.75 Å². The molecule has 2 N–H and O–H groups in total. The number of phenols is 1. The fraction of sp³-hybridized carbons (Fsp3) is 0.182. The fourth-order valence-electron chi connectivity index (χ4n) is 1.57. The van der Waals surface area contributed by atoms with Gasteiger partial charge in [0.25, 0.3) is 0 Å². The average Bonchev–Trinajstić information content (AvgIpc) is 2.41. The third kappa shape index (κ3) is 1.66. The van der Waals surface area contributed by atoms with E-state index >= 15 is 0 Å². The Bertz CT molecular complexity index is 528. The van der Waals surface area contributed by atoms with E-state index in [9.17, 15) is 9.90 Å². The van der Waals surface area contributed by atoms with Gasteiger partial charge in [0.2, 0.25) is 0 Å². The maximum Gasteiger partial charge on any atom is 0.308 e. The van der Waals surface area contributed by atoms with E-state index in [1.54, 1.807) is 18.2 Å². The summed E-state index contributed by atoms with van der Waals surface area (Å²) in [6.45, 7) is 3.17. The number of hydrogen-bond donors (Lipinski definition) is 2. The van der Waals surface area contributed by atoms with Crippen molar-refractivity contribution in [2.24, 2.45) is 0 Å². The van der Waals surface area contributed by atoms with Crippen molar-refractivity contribution in [1.29, 1.82) is 0 Å². The zero-order valence-electron chi connectivity index (χ0n) is 8.50. The van der Waals surface area contributed by atoms with Crippen LogP contribution < -0.4 is 4.74 Å². The van der Waals surface area contributed by atoms with Gasteiger partial charge in [0.1, 0.15) is 5.75 Å². The van der Waals surface area contributed by atoms with Gasteiger partial charge in [-0.25, -0.2) is 0 Å². The largest absolute Gasteiger partial charge is 0.508 e. The standard InChI is InChI=1S/C11H11NO3/c1-6-11(15-7(2)13)9-4-3-8(14)5-10(9)12-6/h3-5,12,14H,1-2H3. The number of aromatic nitrogens is 1. The van der Waals surface area contributed by atoms with E-state index in [4.69, 9.17) is 4.74 Å². The number of rotatable bonds is 1. The zero-order chi connectivity index (χ0) is 11.0. The van der Waals surface area contributed by atoms with Gasteiger partial charge in [0, 0.05) is 18.4 Å². The molecule has 0 aliphatic carbocycles. The highest BCUT2D eigenvalue weighted by Gasteiger charge is 2.11. The molecule has 0 aliphatic heterocycles. The maximum absolute atomic E-state index is 10.9. The van der Waals surface area contributed by atoms with E-state index in [-0.39, 0.29) is 11.7 Å². The third-order valence-electron chi connectivity index (χ3n) is 2.16. The zero-order valence-corrected chi connectivity index (χ0v) is 8.50. The number of aryl methyl sites for hydroxylation is 1. The Kier molecular flexibility index (Phi) is 2.11. The number of phenolic OH excluding ortho intramolecular Hbond substituents is 1. The first-order valence-corrected chi connectivity index (χ1v) is 4.57. The topological polar surface area (TPSA) is 62.3 Å². The van der Waals surface area contributed by atoms with Crippen LogP contribution in [0.3, 0.4) is 0 Å². The van der Waals surface area contributed by atoms with Gasteiger partial charge in [-0.2, -0.15) is 0 Å². The van der Waals surface area contributed by atoms with Gasteiger partial charge in [-0.15, -0.1) is 0 Å². The molecule has 0 amide bonds. The van der Waals surface area contributed by atoms with Crippen molar-refractivity contribution in [1.82, 2.24) is 4.98 Å². The molecule has 2 aromatic rings. The number of H-pyrrole nitrogens is 1. The number of aromatic amines is 1. The van der Waals surface area contributed by atoms with Crippen LogP contribution in [0.15, 0.2) is 18.2 Å². The van der Waals surface area contributed by atoms with Crippen LogP contribution in [0, 0.1) is 6.92 Å². The summed E-state index contributed by atoms with van der Waals surface area (Å²) in [5, 5.41) is 10.1. The second-order valence-corrected chi connectivity index (χ2v) is 3.40. The van der Waals surface area contributed by atoms with Gasteiger partial charge in [0.15, 0.2) is 5.75 Å². The predicted octanol–water partition coefficient (Wildman–Crippen LogP) is 2.11. The molecule has 1 aromatic heterocycles. The Morgan fingerprint density at radius 2 is 2.20 bits per heavy atom. The molecule has 0 aliphatic rings. The van der Waals surface area contributed by atoms with Gasteiger partial charge >= 0.3 is 5.97 Å². The Labute approximate surface area is 86.5 Å². The van der Waals surface area contributed by atoms with Gasteiger partial charge in [-0.3, -0.25) is 4.79 Å². The van der Waals surface area contributed by atoms with Crippen molar-refractivity contribution in [3.05, 3.63) is 23.9 Å². The van der Waals surface area contributed by atoms with Crippen molar-refractivity contribution in [3.8, 4) is 11.5 Å². The lowest BCUT2D eigenvalue weighted by Gasteiger charge is -2.00. The molecular weight excluding hydrogens is 194 g/mol. The SMILES string of the molecule is CC(=O)Oc1c(C)[nH]c2cc(O)ccc12. The molecule has 4 nitrogen and oxygen atoms in total. The summed E-state index contributed by atoms with van der Waals surface area (Å²) in [6.07, 6.45) is 0. The van der Waals surface area contributed by atoms with Crippen LogP contribution in [0.2, 0.25) is 0 Å². The summed E-state index contributed by atoms with van der Waals surface area (Å²) in [5.74, 6) is 0.350. The molecule has 0 radical (unpaired) electrons. The van der Waals surface area contributed by atoms with E-state index in [1.165, 1.54) is 6.92 Å². The van der Waals surface area contributed by atoms with Crippen LogP contribution in [0.1, 0.15) is 12.6 Å². The smallest absolute Gasteiger partial charge is 0.308 e. The highest BCUT2D eigenvalue weighted by atomic mass is 16.5. The molecule has 2 rings (SSSR count). The van der Waals surface area contributed by atoms with Crippen molar-refractivity contribution in [2.45, 2.75) is 13.8 Å². The Morgan fingerprint density at radius 3 is 2.87 bits per heavy atom. The van der Waals surface area contributed by atoms with Crippen LogP contribution in [-0.4, -0.2) is 16.1 Å². The number of carbonyl (C=O) groups excluding carboxylic acids is 1.